The summed E-state index contributed by atoms with van der Waals surface area (Å²) in [6, 6.07) is 0. The maximum atomic E-state index is 5.71. The summed E-state index contributed by atoms with van der Waals surface area (Å²) in [6.07, 6.45) is 1.77. The summed E-state index contributed by atoms with van der Waals surface area (Å²) in [5, 5.41) is 3.74. The SMILES string of the molecule is ClC1=CNCC1(Br)Br. The van der Waals surface area contributed by atoms with Crippen LogP contribution in [0.1, 0.15) is 0 Å². The largest absolute Gasteiger partial charge is 0.387 e. The van der Waals surface area contributed by atoms with E-state index in [9.17, 15) is 0 Å². The fraction of sp³-hybridized carbons (Fsp3) is 0.500. The van der Waals surface area contributed by atoms with Gasteiger partial charge in [-0.2, -0.15) is 0 Å². The molecule has 0 fully saturated rings. The number of hydrogen-bond acceptors (Lipinski definition) is 1. The molecule has 8 heavy (non-hydrogen) atoms. The van der Waals surface area contributed by atoms with Crippen LogP contribution in [0.3, 0.4) is 0 Å². The molecule has 1 aliphatic heterocycles. The summed E-state index contributed by atoms with van der Waals surface area (Å²) in [6.45, 7) is 0.797. The third-order valence-corrected chi connectivity index (χ3v) is 3.21. The van der Waals surface area contributed by atoms with Crippen LogP contribution in [0, 0.1) is 0 Å². The summed E-state index contributed by atoms with van der Waals surface area (Å²) in [7, 11) is 0. The van der Waals surface area contributed by atoms with E-state index in [0.717, 1.165) is 11.6 Å². The minimum absolute atomic E-state index is 0.207. The van der Waals surface area contributed by atoms with Gasteiger partial charge in [0.25, 0.3) is 0 Å². The second kappa shape index (κ2) is 2.20. The maximum Gasteiger partial charge on any atom is 0.134 e. The van der Waals surface area contributed by atoms with Gasteiger partial charge in [0.1, 0.15) is 3.23 Å². The first kappa shape index (κ1) is 6.90. The fourth-order valence-electron chi connectivity index (χ4n) is 0.459. The van der Waals surface area contributed by atoms with Crippen molar-refractivity contribution in [3.8, 4) is 0 Å². The van der Waals surface area contributed by atoms with E-state index in [1.54, 1.807) is 6.20 Å². The molecule has 0 spiro atoms. The number of alkyl halides is 2. The Bertz CT molecular complexity index is 132. The van der Waals surface area contributed by atoms with Crippen LogP contribution < -0.4 is 5.32 Å². The summed E-state index contributed by atoms with van der Waals surface area (Å²) in [5.74, 6) is 0. The van der Waals surface area contributed by atoms with E-state index in [1.165, 1.54) is 0 Å². The molecule has 1 rings (SSSR count). The Labute approximate surface area is 69.7 Å². The normalized spacial score (nSPS) is 24.6. The van der Waals surface area contributed by atoms with Crippen LogP contribution in [0.5, 0.6) is 0 Å². The summed E-state index contributed by atoms with van der Waals surface area (Å²) in [5.41, 5.74) is 0. The molecule has 0 unspecified atom stereocenters. The zero-order valence-corrected chi connectivity index (χ0v) is 7.85. The molecule has 0 saturated heterocycles. The Morgan fingerprint density at radius 3 is 2.50 bits per heavy atom. The van der Waals surface area contributed by atoms with E-state index in [-0.39, 0.29) is 3.23 Å². The van der Waals surface area contributed by atoms with Crippen molar-refractivity contribution in [1.29, 1.82) is 0 Å². The van der Waals surface area contributed by atoms with Crippen LogP contribution in [0.15, 0.2) is 11.2 Å². The number of halogens is 3. The van der Waals surface area contributed by atoms with Gasteiger partial charge in [0, 0.05) is 12.7 Å². The Morgan fingerprint density at radius 1 is 1.75 bits per heavy atom. The van der Waals surface area contributed by atoms with Gasteiger partial charge in [0.05, 0.1) is 5.03 Å². The summed E-state index contributed by atoms with van der Waals surface area (Å²) < 4.78 is -0.207. The zero-order valence-electron chi connectivity index (χ0n) is 3.92. The smallest absolute Gasteiger partial charge is 0.134 e. The highest BCUT2D eigenvalue weighted by Crippen LogP contribution is 2.38. The molecule has 1 heterocycles. The Kier molecular flexibility index (Phi) is 1.89. The number of nitrogens with one attached hydrogen (secondary N) is 1. The van der Waals surface area contributed by atoms with Crippen molar-refractivity contribution < 1.29 is 0 Å². The minimum Gasteiger partial charge on any atom is -0.387 e. The third kappa shape index (κ3) is 1.20. The van der Waals surface area contributed by atoms with Crippen LogP contribution in [-0.4, -0.2) is 9.78 Å². The van der Waals surface area contributed by atoms with Crippen molar-refractivity contribution in [2.24, 2.45) is 0 Å². The zero-order chi connectivity index (χ0) is 6.20. The minimum atomic E-state index is -0.207. The molecular weight excluding hydrogens is 257 g/mol. The van der Waals surface area contributed by atoms with Gasteiger partial charge in [-0.25, -0.2) is 0 Å². The first-order chi connectivity index (χ1) is 3.63. The molecule has 0 aromatic rings. The van der Waals surface area contributed by atoms with E-state index in [2.05, 4.69) is 37.2 Å². The van der Waals surface area contributed by atoms with Gasteiger partial charge in [0.2, 0.25) is 0 Å². The molecule has 1 N–H and O–H groups in total. The van der Waals surface area contributed by atoms with Crippen molar-refractivity contribution in [1.82, 2.24) is 5.32 Å². The van der Waals surface area contributed by atoms with Gasteiger partial charge in [-0.15, -0.1) is 0 Å². The van der Waals surface area contributed by atoms with Gasteiger partial charge in [-0.05, 0) is 0 Å². The standard InChI is InChI=1S/C4H4Br2ClN/c5-4(6)2-8-1-3(4)7/h1,8H,2H2. The van der Waals surface area contributed by atoms with Crippen LogP contribution in [0.4, 0.5) is 0 Å². The lowest BCUT2D eigenvalue weighted by Gasteiger charge is -2.10. The van der Waals surface area contributed by atoms with Crippen molar-refractivity contribution >= 4 is 43.5 Å². The molecule has 0 aromatic heterocycles. The molecule has 0 bridgehead atoms. The van der Waals surface area contributed by atoms with Crippen molar-refractivity contribution in [3.63, 3.8) is 0 Å². The Morgan fingerprint density at radius 2 is 2.38 bits per heavy atom. The summed E-state index contributed by atoms with van der Waals surface area (Å²) >= 11 is 12.4. The quantitative estimate of drug-likeness (QED) is 0.659. The molecular formula is C4H4Br2ClN. The van der Waals surface area contributed by atoms with Crippen LogP contribution in [-0.2, 0) is 0 Å². The van der Waals surface area contributed by atoms with Crippen molar-refractivity contribution in [3.05, 3.63) is 11.2 Å². The van der Waals surface area contributed by atoms with E-state index in [0.29, 0.717) is 0 Å². The highest BCUT2D eigenvalue weighted by Gasteiger charge is 2.30. The molecule has 0 amide bonds. The highest BCUT2D eigenvalue weighted by molar-refractivity contribution is 9.25. The lowest BCUT2D eigenvalue weighted by Crippen LogP contribution is -2.17. The lowest BCUT2D eigenvalue weighted by atomic mass is 10.5. The fourth-order valence-corrected chi connectivity index (χ4v) is 1.16. The average Bonchev–Trinajstić information content (AvgIpc) is 1.86. The van der Waals surface area contributed by atoms with E-state index < -0.39 is 0 Å². The van der Waals surface area contributed by atoms with E-state index in [4.69, 9.17) is 11.6 Å². The topological polar surface area (TPSA) is 12.0 Å². The molecule has 0 atom stereocenters. The van der Waals surface area contributed by atoms with Crippen molar-refractivity contribution in [2.45, 2.75) is 3.23 Å². The predicted molar refractivity (Wildman–Crippen MR) is 42.5 cm³/mol. The Balaban J connectivity index is 2.73. The second-order valence-electron chi connectivity index (χ2n) is 1.58. The molecule has 1 aliphatic rings. The predicted octanol–water partition coefficient (Wildman–Crippen LogP) is 2.16. The molecule has 4 heteroatoms. The van der Waals surface area contributed by atoms with E-state index >= 15 is 0 Å². The third-order valence-electron chi connectivity index (χ3n) is 0.902. The lowest BCUT2D eigenvalue weighted by molar-refractivity contribution is 0.910. The van der Waals surface area contributed by atoms with Gasteiger partial charge < -0.3 is 5.32 Å². The maximum absolute atomic E-state index is 5.71. The monoisotopic (exact) mass is 259 g/mol. The molecule has 0 aromatic carbocycles. The average molecular weight is 261 g/mol. The number of hydrogen-bond donors (Lipinski definition) is 1. The molecule has 46 valence electrons. The molecule has 1 nitrogen and oxygen atoms in total. The van der Waals surface area contributed by atoms with Gasteiger partial charge in [0.15, 0.2) is 0 Å². The number of rotatable bonds is 0. The highest BCUT2D eigenvalue weighted by atomic mass is 79.9. The first-order valence-electron chi connectivity index (χ1n) is 2.10. The van der Waals surface area contributed by atoms with E-state index in [1.807, 2.05) is 0 Å². The van der Waals surface area contributed by atoms with Gasteiger partial charge in [-0.1, -0.05) is 43.5 Å². The van der Waals surface area contributed by atoms with Crippen molar-refractivity contribution in [2.75, 3.05) is 6.54 Å². The molecule has 0 aliphatic carbocycles. The molecule has 0 radical (unpaired) electrons. The van der Waals surface area contributed by atoms with Gasteiger partial charge >= 0.3 is 0 Å². The van der Waals surface area contributed by atoms with Crippen LogP contribution >= 0.6 is 43.5 Å². The second-order valence-corrected chi connectivity index (χ2v) is 5.76. The van der Waals surface area contributed by atoms with Crippen LogP contribution in [0.25, 0.3) is 0 Å². The Hall–Kier alpha value is 0.790. The first-order valence-corrected chi connectivity index (χ1v) is 4.07. The van der Waals surface area contributed by atoms with Gasteiger partial charge in [-0.3, -0.25) is 0 Å². The summed E-state index contributed by atoms with van der Waals surface area (Å²) in [4.78, 5) is 0. The molecule has 0 saturated carbocycles. The van der Waals surface area contributed by atoms with Crippen LogP contribution in [0.2, 0.25) is 0 Å².